The van der Waals surface area contributed by atoms with Crippen molar-refractivity contribution >= 4 is 5.96 Å². The van der Waals surface area contributed by atoms with E-state index in [2.05, 4.69) is 39.4 Å². The lowest BCUT2D eigenvalue weighted by atomic mass is 10.0. The molecule has 7 nitrogen and oxygen atoms in total. The summed E-state index contributed by atoms with van der Waals surface area (Å²) >= 11 is 0. The monoisotopic (exact) mass is 415 g/mol. The van der Waals surface area contributed by atoms with Gasteiger partial charge in [-0.3, -0.25) is 9.89 Å². The summed E-state index contributed by atoms with van der Waals surface area (Å²) in [5.74, 6) is 1.22. The number of halogens is 1. The van der Waals surface area contributed by atoms with E-state index in [1.165, 1.54) is 12.1 Å². The fraction of sp³-hybridized carbons (Fsp3) is 0.455. The van der Waals surface area contributed by atoms with Gasteiger partial charge < -0.3 is 20.1 Å². The number of ether oxygens (including phenoxy) is 2. The van der Waals surface area contributed by atoms with Crippen molar-refractivity contribution in [1.82, 2.24) is 20.5 Å². The molecule has 0 bridgehead atoms. The van der Waals surface area contributed by atoms with Crippen LogP contribution < -0.4 is 15.4 Å². The summed E-state index contributed by atoms with van der Waals surface area (Å²) < 4.78 is 24.3. The largest absolute Gasteiger partial charge is 0.439 e. The maximum absolute atomic E-state index is 13.3. The number of benzene rings is 1. The summed E-state index contributed by atoms with van der Waals surface area (Å²) in [4.78, 5) is 11.0. The molecule has 0 saturated carbocycles. The number of hydrogen-bond acceptors (Lipinski definition) is 5. The van der Waals surface area contributed by atoms with Gasteiger partial charge in [0.15, 0.2) is 5.96 Å². The summed E-state index contributed by atoms with van der Waals surface area (Å²) in [7, 11) is 1.76. The molecule has 1 aromatic heterocycles. The van der Waals surface area contributed by atoms with Crippen LogP contribution in [0, 0.1) is 5.82 Å². The lowest BCUT2D eigenvalue weighted by Gasteiger charge is -2.41. The Balaban J connectivity index is 1.47. The van der Waals surface area contributed by atoms with E-state index >= 15 is 0 Å². The van der Waals surface area contributed by atoms with Gasteiger partial charge in [-0.15, -0.1) is 0 Å². The molecule has 1 aromatic carbocycles. The fourth-order valence-corrected chi connectivity index (χ4v) is 3.21. The van der Waals surface area contributed by atoms with E-state index in [-0.39, 0.29) is 11.4 Å². The number of rotatable bonds is 7. The van der Waals surface area contributed by atoms with Gasteiger partial charge >= 0.3 is 0 Å². The van der Waals surface area contributed by atoms with E-state index in [1.54, 1.807) is 31.4 Å². The highest BCUT2D eigenvalue weighted by Gasteiger charge is 2.28. The van der Waals surface area contributed by atoms with Crippen molar-refractivity contribution in [1.29, 1.82) is 0 Å². The second-order valence-electron chi connectivity index (χ2n) is 7.76. The summed E-state index contributed by atoms with van der Waals surface area (Å²) in [6, 6.07) is 9.67. The molecule has 2 N–H and O–H groups in total. The molecule has 2 heterocycles. The molecule has 0 atom stereocenters. The van der Waals surface area contributed by atoms with Gasteiger partial charge in [0.1, 0.15) is 11.6 Å². The molecule has 0 aliphatic carbocycles. The number of guanidine groups is 1. The van der Waals surface area contributed by atoms with Crippen LogP contribution in [0.2, 0.25) is 0 Å². The lowest BCUT2D eigenvalue weighted by Crippen LogP contribution is -2.56. The van der Waals surface area contributed by atoms with E-state index in [9.17, 15) is 4.39 Å². The summed E-state index contributed by atoms with van der Waals surface area (Å²) in [6.45, 7) is 9.23. The average molecular weight is 416 g/mol. The van der Waals surface area contributed by atoms with Gasteiger partial charge in [0.25, 0.3) is 0 Å². The van der Waals surface area contributed by atoms with Crippen LogP contribution in [-0.4, -0.2) is 61.3 Å². The van der Waals surface area contributed by atoms with E-state index in [4.69, 9.17) is 9.47 Å². The van der Waals surface area contributed by atoms with E-state index < -0.39 is 0 Å². The highest BCUT2D eigenvalue weighted by Crippen LogP contribution is 2.20. The molecule has 1 aliphatic heterocycles. The van der Waals surface area contributed by atoms with Crippen LogP contribution in [0.3, 0.4) is 0 Å². The van der Waals surface area contributed by atoms with Crippen molar-refractivity contribution in [3.05, 3.63) is 54.0 Å². The Bertz CT molecular complexity index is 836. The SMILES string of the molecule is CN=C(NCc1ccc(Oc2cccc(F)c2)nc1)NCC(C)(C)N1CCOCC1. The smallest absolute Gasteiger partial charge is 0.219 e. The number of aliphatic imine (C=N–C) groups is 1. The Morgan fingerprint density at radius 2 is 2.03 bits per heavy atom. The van der Waals surface area contributed by atoms with Crippen molar-refractivity contribution < 1.29 is 13.9 Å². The van der Waals surface area contributed by atoms with Crippen LogP contribution in [0.15, 0.2) is 47.6 Å². The van der Waals surface area contributed by atoms with Crippen LogP contribution in [0.1, 0.15) is 19.4 Å². The minimum atomic E-state index is -0.344. The minimum Gasteiger partial charge on any atom is -0.439 e. The van der Waals surface area contributed by atoms with Crippen LogP contribution in [0.5, 0.6) is 11.6 Å². The summed E-state index contributed by atoms with van der Waals surface area (Å²) in [5.41, 5.74) is 0.982. The zero-order chi connectivity index (χ0) is 21.4. The summed E-state index contributed by atoms with van der Waals surface area (Å²) in [5, 5.41) is 6.71. The van der Waals surface area contributed by atoms with Gasteiger partial charge in [0.2, 0.25) is 5.88 Å². The van der Waals surface area contributed by atoms with E-state index in [0.717, 1.165) is 44.4 Å². The molecule has 1 aliphatic rings. The standard InChI is InChI=1S/C22H30FN5O2/c1-22(2,28-9-11-29-12-10-28)16-27-21(24-3)26-15-17-7-8-20(25-14-17)30-19-6-4-5-18(23)13-19/h4-8,13-14H,9-12,15-16H2,1-3H3,(H2,24,26,27). The van der Waals surface area contributed by atoms with Crippen molar-refractivity contribution in [2.24, 2.45) is 4.99 Å². The van der Waals surface area contributed by atoms with Gasteiger partial charge in [-0.1, -0.05) is 12.1 Å². The van der Waals surface area contributed by atoms with E-state index in [0.29, 0.717) is 18.2 Å². The maximum Gasteiger partial charge on any atom is 0.219 e. The predicted octanol–water partition coefficient (Wildman–Crippen LogP) is 2.79. The molecule has 1 fully saturated rings. The number of hydrogen-bond donors (Lipinski definition) is 2. The lowest BCUT2D eigenvalue weighted by molar-refractivity contribution is -0.00834. The van der Waals surface area contributed by atoms with Gasteiger partial charge in [0.05, 0.1) is 13.2 Å². The molecule has 8 heteroatoms. The summed E-state index contributed by atoms with van der Waals surface area (Å²) in [6.07, 6.45) is 1.73. The Morgan fingerprint density at radius 3 is 2.70 bits per heavy atom. The third-order valence-electron chi connectivity index (χ3n) is 5.06. The van der Waals surface area contributed by atoms with Gasteiger partial charge in [-0.05, 0) is 31.5 Å². The zero-order valence-electron chi connectivity index (χ0n) is 17.8. The molecule has 0 amide bonds. The highest BCUT2D eigenvalue weighted by molar-refractivity contribution is 5.79. The fourth-order valence-electron chi connectivity index (χ4n) is 3.21. The molecule has 0 radical (unpaired) electrons. The molecule has 2 aromatic rings. The van der Waals surface area contributed by atoms with Crippen LogP contribution in [0.25, 0.3) is 0 Å². The third kappa shape index (κ3) is 6.40. The predicted molar refractivity (Wildman–Crippen MR) is 115 cm³/mol. The number of aromatic nitrogens is 1. The first kappa shape index (κ1) is 22.0. The minimum absolute atomic E-state index is 0.00114. The Labute approximate surface area is 177 Å². The molecule has 162 valence electrons. The number of pyridine rings is 1. The maximum atomic E-state index is 13.3. The molecular formula is C22H30FN5O2. The molecule has 3 rings (SSSR count). The topological polar surface area (TPSA) is 71.0 Å². The number of nitrogens with one attached hydrogen (secondary N) is 2. The molecule has 1 saturated heterocycles. The highest BCUT2D eigenvalue weighted by atomic mass is 19.1. The quantitative estimate of drug-likeness (QED) is 0.535. The first-order chi connectivity index (χ1) is 14.5. The Morgan fingerprint density at radius 1 is 1.23 bits per heavy atom. The second kappa shape index (κ2) is 10.4. The Kier molecular flexibility index (Phi) is 7.59. The number of nitrogens with zero attached hydrogens (tertiary/aromatic N) is 3. The molecule has 0 spiro atoms. The van der Waals surface area contributed by atoms with Crippen LogP contribution >= 0.6 is 0 Å². The first-order valence-electron chi connectivity index (χ1n) is 10.1. The molecular weight excluding hydrogens is 385 g/mol. The normalized spacial score (nSPS) is 15.7. The van der Waals surface area contributed by atoms with E-state index in [1.807, 2.05) is 6.07 Å². The average Bonchev–Trinajstić information content (AvgIpc) is 2.75. The number of morpholine rings is 1. The third-order valence-corrected chi connectivity index (χ3v) is 5.06. The van der Waals surface area contributed by atoms with Crippen molar-refractivity contribution in [3.63, 3.8) is 0 Å². The van der Waals surface area contributed by atoms with Gasteiger partial charge in [-0.2, -0.15) is 0 Å². The molecule has 0 unspecified atom stereocenters. The second-order valence-corrected chi connectivity index (χ2v) is 7.76. The first-order valence-corrected chi connectivity index (χ1v) is 10.1. The van der Waals surface area contributed by atoms with Crippen molar-refractivity contribution in [2.45, 2.75) is 25.9 Å². The Hall–Kier alpha value is -2.71. The van der Waals surface area contributed by atoms with Gasteiger partial charge in [-0.25, -0.2) is 9.37 Å². The van der Waals surface area contributed by atoms with Crippen molar-refractivity contribution in [3.8, 4) is 11.6 Å². The van der Waals surface area contributed by atoms with Crippen LogP contribution in [0.4, 0.5) is 4.39 Å². The van der Waals surface area contributed by atoms with Crippen molar-refractivity contribution in [2.75, 3.05) is 39.9 Å². The van der Waals surface area contributed by atoms with Crippen LogP contribution in [-0.2, 0) is 11.3 Å². The van der Waals surface area contributed by atoms with Gasteiger partial charge in [0, 0.05) is 57.1 Å². The molecule has 30 heavy (non-hydrogen) atoms. The zero-order valence-corrected chi connectivity index (χ0v) is 17.8.